The first-order chi connectivity index (χ1) is 67.0. The van der Waals surface area contributed by atoms with Crippen molar-refractivity contribution in [2.75, 3.05) is 0 Å². The molecule has 0 bridgehead atoms. The van der Waals surface area contributed by atoms with Crippen LogP contribution in [-0.4, -0.2) is 0 Å². The summed E-state index contributed by atoms with van der Waals surface area (Å²) >= 11 is 0. The number of rotatable bonds is 10. The van der Waals surface area contributed by atoms with E-state index in [9.17, 15) is 0 Å². The number of aryl methyl sites for hydroxylation is 12. The van der Waals surface area contributed by atoms with Crippen LogP contribution in [-0.2, 0) is 49.9 Å². The molecule has 0 unspecified atom stereocenters. The van der Waals surface area contributed by atoms with Gasteiger partial charge in [-0.05, 0) is 242 Å². The maximum Gasteiger partial charge on any atom is 0.216 e. The van der Waals surface area contributed by atoms with Crippen molar-refractivity contribution >= 4 is 87.8 Å². The molecule has 0 N–H and O–H groups in total. The van der Waals surface area contributed by atoms with Gasteiger partial charge in [-0.2, -0.15) is 0 Å². The number of aromatic nitrogens is 4. The lowest BCUT2D eigenvalue weighted by Gasteiger charge is -2.42. The smallest absolute Gasteiger partial charge is 0.216 e. The molecule has 0 aliphatic heterocycles. The zero-order valence-electron chi connectivity index (χ0n) is 86.6. The average molecular weight is 1840 g/mol. The van der Waals surface area contributed by atoms with Crippen LogP contribution >= 0.6 is 0 Å². The Kier molecular flexibility index (Phi) is 22.0. The van der Waals surface area contributed by atoms with E-state index in [1.807, 2.05) is 0 Å². The van der Waals surface area contributed by atoms with E-state index < -0.39 is 0 Å². The van der Waals surface area contributed by atoms with E-state index in [1.165, 1.54) is 247 Å². The number of nitrogens with zero attached hydrogens (tertiary/aromatic N) is 4. The zero-order valence-corrected chi connectivity index (χ0v) is 86.6. The molecular weight excluding hydrogens is 1710 g/mol. The van der Waals surface area contributed by atoms with Crippen molar-refractivity contribution in [1.82, 2.24) is 0 Å². The van der Waals surface area contributed by atoms with E-state index in [1.54, 1.807) is 0 Å². The van der Waals surface area contributed by atoms with Crippen LogP contribution in [0.2, 0.25) is 0 Å². The highest BCUT2D eigenvalue weighted by atomic mass is 16.3. The molecule has 12 aromatic carbocycles. The van der Waals surface area contributed by atoms with Crippen LogP contribution in [0.3, 0.4) is 0 Å². The fourth-order valence-corrected chi connectivity index (χ4v) is 27.0. The summed E-state index contributed by atoms with van der Waals surface area (Å²) in [4.78, 5) is 0. The van der Waals surface area contributed by atoms with Gasteiger partial charge in [-0.1, -0.05) is 278 Å². The summed E-state index contributed by atoms with van der Waals surface area (Å²) in [6, 6.07) is 90.2. The zero-order chi connectivity index (χ0) is 97.8. The Morgan fingerprint density at radius 1 is 0.271 bits per heavy atom. The molecule has 1 saturated carbocycles. The van der Waals surface area contributed by atoms with Gasteiger partial charge in [0, 0.05) is 134 Å². The summed E-state index contributed by atoms with van der Waals surface area (Å²) in [7, 11) is 8.50. The second kappa shape index (κ2) is 33.6. The minimum absolute atomic E-state index is 0.0502. The summed E-state index contributed by atoms with van der Waals surface area (Å²) in [6.07, 6.45) is 18.3. The van der Waals surface area contributed by atoms with Crippen LogP contribution in [0.4, 0.5) is 0 Å². The third-order valence-electron chi connectivity index (χ3n) is 32.0. The predicted molar refractivity (Wildman–Crippen MR) is 581 cm³/mol. The Bertz CT molecular complexity index is 8510. The van der Waals surface area contributed by atoms with E-state index in [-0.39, 0.29) is 32.5 Å². The Hall–Kier alpha value is -13.6. The van der Waals surface area contributed by atoms with Gasteiger partial charge < -0.3 is 17.7 Å². The fraction of sp³-hybridized carbons (Fsp3) is 0.303. The first kappa shape index (κ1) is 91.5. The molecule has 702 valence electrons. The highest BCUT2D eigenvalue weighted by Crippen LogP contribution is 2.64. The first-order valence-corrected chi connectivity index (χ1v) is 51.2. The average Bonchev–Trinajstić information content (AvgIpc) is 1.54. The van der Waals surface area contributed by atoms with Crippen molar-refractivity contribution in [3.8, 4) is 89.5 Å². The van der Waals surface area contributed by atoms with Crippen molar-refractivity contribution in [1.29, 1.82) is 0 Å². The summed E-state index contributed by atoms with van der Waals surface area (Å²) < 4.78 is 36.7. The molecule has 25 rings (SSSR count). The van der Waals surface area contributed by atoms with Crippen LogP contribution in [0.25, 0.3) is 177 Å². The minimum atomic E-state index is -0.0942. The topological polar surface area (TPSA) is 68.1 Å². The molecule has 5 aliphatic rings. The lowest BCUT2D eigenvalue weighted by atomic mass is 9.62. The molecule has 1 spiro atoms. The Balaban J connectivity index is 0.000000108. The first-order valence-electron chi connectivity index (χ1n) is 51.2. The number of pyridine rings is 4. The van der Waals surface area contributed by atoms with Gasteiger partial charge in [-0.15, -0.1) is 0 Å². The Morgan fingerprint density at radius 3 is 0.936 bits per heavy atom. The second-order valence-electron chi connectivity index (χ2n) is 46.1. The Labute approximate surface area is 826 Å². The van der Waals surface area contributed by atoms with Crippen LogP contribution in [0, 0.1) is 78.1 Å². The monoisotopic (exact) mass is 1840 g/mol. The molecule has 20 aromatic rings. The molecule has 0 atom stereocenters. The summed E-state index contributed by atoms with van der Waals surface area (Å²) in [5.41, 5.74) is 50.0. The van der Waals surface area contributed by atoms with E-state index in [0.717, 1.165) is 70.3 Å². The van der Waals surface area contributed by atoms with Crippen LogP contribution < -0.4 is 18.3 Å². The van der Waals surface area contributed by atoms with E-state index >= 15 is 0 Å². The Morgan fingerprint density at radius 2 is 0.557 bits per heavy atom. The standard InChI is InChI=1S/C37H42NO.C35H38NO.C31H28NO.C29H26NO/c1-23-14-19-30(38(9)20-23)31-24(2)15-16-25-26-17-18-29-32(34(26)39-33(25)31)27-12-10-11-13-28(27)37(29,21-35(3,4)5)22-36(6,7)8;1-21(2)18-35(19-22(3)4)29-11-9-8-10-25(29)26-15-16-28-27-14-13-24(6)31(33(27)37-34(28)32(26)35)30-17-12-23(5)20-36(30)7;1-19-10-15-26(32(3)18-19)27-20(2)11-12-21-22-13-14-25-28(30(22)33-29(21)27)23-8-4-5-9-24(23)31(25)16-6-7-17-31;1-17-10-15-24(30(5)16-17)25-18(2)11-12-21-22-14-13-20-19-8-6-7-9-23(19)29(3,4)26(20)28(22)31-27(21)25/h10-20H,21-22H2,1-9H3;8-17,20-22H,18-19H2,1-7H3;4-5,8-15,18H,6-7,16-17H2,1-3H3;6-16H,1-5H3/q4*+1. The number of hydrogen-bond donors (Lipinski definition) is 0. The van der Waals surface area contributed by atoms with Gasteiger partial charge in [-0.3, -0.25) is 0 Å². The molecular formula is C132H134N4O4+4. The van der Waals surface area contributed by atoms with Crippen LogP contribution in [0.5, 0.6) is 0 Å². The molecule has 8 nitrogen and oxygen atoms in total. The molecule has 0 saturated heterocycles. The van der Waals surface area contributed by atoms with Crippen molar-refractivity contribution in [3.05, 3.63) is 356 Å². The van der Waals surface area contributed by atoms with Crippen molar-refractivity contribution in [2.24, 2.45) is 50.9 Å². The molecule has 8 heterocycles. The molecule has 1 fully saturated rings. The maximum absolute atomic E-state index is 7.08. The summed E-state index contributed by atoms with van der Waals surface area (Å²) in [6.45, 7) is 45.7. The van der Waals surface area contributed by atoms with Gasteiger partial charge in [0.05, 0.1) is 22.3 Å². The van der Waals surface area contributed by atoms with E-state index in [0.29, 0.717) is 11.8 Å². The van der Waals surface area contributed by atoms with Gasteiger partial charge in [0.15, 0.2) is 24.8 Å². The molecule has 140 heavy (non-hydrogen) atoms. The number of furan rings is 4. The predicted octanol–water partition coefficient (Wildman–Crippen LogP) is 33.4. The van der Waals surface area contributed by atoms with E-state index in [4.69, 9.17) is 17.7 Å². The number of benzene rings is 12. The van der Waals surface area contributed by atoms with Gasteiger partial charge in [-0.25, -0.2) is 18.3 Å². The quantitative estimate of drug-likeness (QED) is 0.128. The number of fused-ring (bicyclic) bond motifs is 30. The van der Waals surface area contributed by atoms with Crippen LogP contribution in [0.1, 0.15) is 223 Å². The largest absolute Gasteiger partial charge is 0.455 e. The van der Waals surface area contributed by atoms with Crippen molar-refractivity contribution in [2.45, 2.75) is 212 Å². The molecule has 5 aliphatic carbocycles. The van der Waals surface area contributed by atoms with E-state index in [2.05, 4.69) is 452 Å². The normalized spacial score (nSPS) is 14.8. The fourth-order valence-electron chi connectivity index (χ4n) is 27.0. The highest BCUT2D eigenvalue weighted by Gasteiger charge is 2.52. The van der Waals surface area contributed by atoms with Gasteiger partial charge in [0.2, 0.25) is 22.8 Å². The molecule has 0 amide bonds. The minimum Gasteiger partial charge on any atom is -0.455 e. The maximum atomic E-state index is 7.08. The van der Waals surface area contributed by atoms with Crippen molar-refractivity contribution < 1.29 is 35.9 Å². The molecule has 0 radical (unpaired) electrons. The lowest BCUT2D eigenvalue weighted by molar-refractivity contribution is -0.660. The number of hydrogen-bond acceptors (Lipinski definition) is 4. The SMILES string of the molecule is Cc1ccc(-c2c(C)ccc3c2oc2c4c(ccc23)-c2ccccc2C4(C)C)[n+](C)c1.Cc1ccc(-c2c(C)ccc3c2oc2c4c(ccc23)-c2ccccc2C4(CC(C)C)CC(C)C)[n+](C)c1.Cc1ccc(-c2c(C)ccc3c2oc2c4c(ccc23)C(CC(C)(C)C)(CC(C)(C)C)c2ccccc2-4)[n+](C)c1.Cc1ccc(-c2c(C)ccc3c2oc2c4c(ccc23)C2(CCCC2)c2ccccc2-4)[n+](C)c1. The van der Waals surface area contributed by atoms with Gasteiger partial charge in [0.1, 0.15) is 72.9 Å². The van der Waals surface area contributed by atoms with Crippen molar-refractivity contribution in [3.63, 3.8) is 0 Å². The third-order valence-corrected chi connectivity index (χ3v) is 32.0. The lowest BCUT2D eigenvalue weighted by Crippen LogP contribution is -2.35. The second-order valence-corrected chi connectivity index (χ2v) is 46.1. The van der Waals surface area contributed by atoms with Gasteiger partial charge in [0.25, 0.3) is 0 Å². The third kappa shape index (κ3) is 14.5. The molecule has 8 aromatic heterocycles. The van der Waals surface area contributed by atoms with Gasteiger partial charge >= 0.3 is 0 Å². The molecule has 8 heteroatoms. The summed E-state index contributed by atoms with van der Waals surface area (Å²) in [5.74, 6) is 1.14. The van der Waals surface area contributed by atoms with Crippen LogP contribution in [0.15, 0.2) is 285 Å². The highest BCUT2D eigenvalue weighted by molar-refractivity contribution is 6.18. The summed E-state index contributed by atoms with van der Waals surface area (Å²) in [5, 5.41) is 9.65.